The smallest absolute Gasteiger partial charge is 0.320 e. The molecular formula is C15H22N2O4. The molecule has 6 nitrogen and oxygen atoms in total. The summed E-state index contributed by atoms with van der Waals surface area (Å²) in [6.45, 7) is 0.922. The molecule has 0 spiro atoms. The molecule has 0 radical (unpaired) electrons. The van der Waals surface area contributed by atoms with E-state index in [1.54, 1.807) is 0 Å². The van der Waals surface area contributed by atoms with Crippen molar-refractivity contribution in [2.45, 2.75) is 31.9 Å². The molecule has 6 heteroatoms. The van der Waals surface area contributed by atoms with Crippen LogP contribution in [-0.2, 0) is 20.9 Å². The molecule has 0 saturated carbocycles. The normalized spacial score (nSPS) is 11.9. The summed E-state index contributed by atoms with van der Waals surface area (Å²) < 4.78 is 5.30. The Hall–Kier alpha value is -1.92. The third-order valence-electron chi connectivity index (χ3n) is 2.93. The molecule has 116 valence electrons. The van der Waals surface area contributed by atoms with Gasteiger partial charge in [-0.2, -0.15) is 0 Å². The highest BCUT2D eigenvalue weighted by atomic mass is 16.5. The molecule has 0 aliphatic heterocycles. The maximum atomic E-state index is 11.5. The van der Waals surface area contributed by atoms with E-state index in [0.717, 1.165) is 5.56 Å². The molecule has 1 aromatic carbocycles. The first-order valence-corrected chi connectivity index (χ1v) is 6.96. The maximum absolute atomic E-state index is 11.5. The van der Waals surface area contributed by atoms with Gasteiger partial charge in [0, 0.05) is 6.54 Å². The number of amides is 1. The number of nitrogens with one attached hydrogen (secondary N) is 1. The predicted octanol–water partition coefficient (Wildman–Crippen LogP) is 0.902. The molecule has 1 aromatic rings. The third-order valence-corrected chi connectivity index (χ3v) is 2.93. The van der Waals surface area contributed by atoms with Gasteiger partial charge in [0.2, 0.25) is 5.91 Å². The fraction of sp³-hybridized carbons (Fsp3) is 0.467. The lowest BCUT2D eigenvalue weighted by atomic mass is 10.1. The summed E-state index contributed by atoms with van der Waals surface area (Å²) in [6, 6.07) is 8.80. The van der Waals surface area contributed by atoms with Crippen LogP contribution in [0.25, 0.3) is 0 Å². The lowest BCUT2D eigenvalue weighted by Crippen LogP contribution is -2.31. The summed E-state index contributed by atoms with van der Waals surface area (Å²) in [5.74, 6) is -1.16. The van der Waals surface area contributed by atoms with Gasteiger partial charge in [0.05, 0.1) is 6.61 Å². The van der Waals surface area contributed by atoms with Crippen LogP contribution < -0.4 is 11.1 Å². The number of nitrogens with two attached hydrogens (primary N) is 1. The zero-order valence-corrected chi connectivity index (χ0v) is 12.0. The molecule has 1 amide bonds. The second kappa shape index (κ2) is 9.90. The lowest BCUT2D eigenvalue weighted by Gasteiger charge is -2.08. The monoisotopic (exact) mass is 294 g/mol. The van der Waals surface area contributed by atoms with Crippen LogP contribution in [0, 0.1) is 0 Å². The van der Waals surface area contributed by atoms with Crippen molar-refractivity contribution in [3.05, 3.63) is 35.9 Å². The number of rotatable bonds is 10. The van der Waals surface area contributed by atoms with Crippen molar-refractivity contribution in [2.24, 2.45) is 5.73 Å². The molecule has 21 heavy (non-hydrogen) atoms. The Morgan fingerprint density at radius 1 is 1.24 bits per heavy atom. The molecule has 1 rings (SSSR count). The first-order chi connectivity index (χ1) is 10.1. The maximum Gasteiger partial charge on any atom is 0.320 e. The van der Waals surface area contributed by atoms with Gasteiger partial charge in [0.1, 0.15) is 12.6 Å². The quantitative estimate of drug-likeness (QED) is 0.557. The number of ether oxygens (including phenoxy) is 1. The first-order valence-electron chi connectivity index (χ1n) is 6.96. The number of hydrogen-bond donors (Lipinski definition) is 3. The molecule has 0 aromatic heterocycles. The van der Waals surface area contributed by atoms with Gasteiger partial charge in [0.25, 0.3) is 0 Å². The van der Waals surface area contributed by atoms with E-state index in [1.165, 1.54) is 0 Å². The second-order valence-electron chi connectivity index (χ2n) is 4.77. The summed E-state index contributed by atoms with van der Waals surface area (Å²) in [7, 11) is 0. The van der Waals surface area contributed by atoms with Crippen molar-refractivity contribution >= 4 is 11.9 Å². The zero-order valence-electron chi connectivity index (χ0n) is 12.0. The fourth-order valence-corrected chi connectivity index (χ4v) is 1.73. The Morgan fingerprint density at radius 3 is 2.62 bits per heavy atom. The number of carboxylic acid groups (broad SMARTS) is 1. The largest absolute Gasteiger partial charge is 0.480 e. The molecule has 4 N–H and O–H groups in total. The first kappa shape index (κ1) is 17.1. The molecule has 0 unspecified atom stereocenters. The van der Waals surface area contributed by atoms with Gasteiger partial charge in [0.15, 0.2) is 0 Å². The van der Waals surface area contributed by atoms with Crippen LogP contribution in [0.2, 0.25) is 0 Å². The van der Waals surface area contributed by atoms with E-state index in [1.807, 2.05) is 30.3 Å². The topological polar surface area (TPSA) is 102 Å². The summed E-state index contributed by atoms with van der Waals surface area (Å²) in [5.41, 5.74) is 6.39. The van der Waals surface area contributed by atoms with Crippen LogP contribution in [0.1, 0.15) is 24.8 Å². The Balaban J connectivity index is 2.00. The molecule has 0 heterocycles. The number of carbonyl (C=O) groups is 2. The summed E-state index contributed by atoms with van der Waals surface area (Å²) >= 11 is 0. The van der Waals surface area contributed by atoms with E-state index in [4.69, 9.17) is 15.6 Å². The average molecular weight is 294 g/mol. The highest BCUT2D eigenvalue weighted by molar-refractivity contribution is 5.77. The minimum absolute atomic E-state index is 0.0174. The molecule has 1 atom stereocenters. The zero-order chi connectivity index (χ0) is 15.5. The minimum Gasteiger partial charge on any atom is -0.480 e. The van der Waals surface area contributed by atoms with Crippen molar-refractivity contribution in [3.63, 3.8) is 0 Å². The molecular weight excluding hydrogens is 272 g/mol. The van der Waals surface area contributed by atoms with Crippen LogP contribution in [0.4, 0.5) is 0 Å². The van der Waals surface area contributed by atoms with Gasteiger partial charge in [-0.3, -0.25) is 9.59 Å². The number of carboxylic acids is 1. The Morgan fingerprint density at radius 2 is 1.95 bits per heavy atom. The molecule has 0 fully saturated rings. The van der Waals surface area contributed by atoms with Gasteiger partial charge in [-0.05, 0) is 24.8 Å². The van der Waals surface area contributed by atoms with E-state index < -0.39 is 12.0 Å². The second-order valence-corrected chi connectivity index (χ2v) is 4.77. The molecule has 0 aliphatic carbocycles. The highest BCUT2D eigenvalue weighted by Gasteiger charge is 2.10. The summed E-state index contributed by atoms with van der Waals surface area (Å²) in [5, 5.41) is 11.3. The number of benzene rings is 1. The van der Waals surface area contributed by atoms with E-state index >= 15 is 0 Å². The fourth-order valence-electron chi connectivity index (χ4n) is 1.73. The van der Waals surface area contributed by atoms with Crippen LogP contribution in [-0.4, -0.2) is 36.2 Å². The van der Waals surface area contributed by atoms with Crippen LogP contribution >= 0.6 is 0 Å². The molecule has 0 saturated heterocycles. The molecule has 0 bridgehead atoms. The summed E-state index contributed by atoms with van der Waals surface area (Å²) in [6.07, 6.45) is 1.78. The average Bonchev–Trinajstić information content (AvgIpc) is 2.47. The summed E-state index contributed by atoms with van der Waals surface area (Å²) in [4.78, 5) is 22.0. The van der Waals surface area contributed by atoms with Crippen molar-refractivity contribution in [1.82, 2.24) is 5.32 Å². The Kier molecular flexibility index (Phi) is 8.08. The Bertz CT molecular complexity index is 437. The molecule has 0 aliphatic rings. The third kappa shape index (κ3) is 8.06. The standard InChI is InChI=1S/C15H22N2O4/c16-13(15(19)20)8-4-5-9-17-14(18)11-21-10-12-6-2-1-3-7-12/h1-3,6-7,13H,4-5,8-11,16H2,(H,17,18)(H,19,20)/t13-/m0/s1. The van der Waals surface area contributed by atoms with Gasteiger partial charge in [-0.1, -0.05) is 30.3 Å². The minimum atomic E-state index is -0.992. The van der Waals surface area contributed by atoms with Crippen molar-refractivity contribution in [2.75, 3.05) is 13.2 Å². The van der Waals surface area contributed by atoms with Gasteiger partial charge in [-0.15, -0.1) is 0 Å². The van der Waals surface area contributed by atoms with Crippen LogP contribution in [0.15, 0.2) is 30.3 Å². The van der Waals surface area contributed by atoms with E-state index in [2.05, 4.69) is 5.32 Å². The van der Waals surface area contributed by atoms with E-state index in [9.17, 15) is 9.59 Å². The number of aliphatic carboxylic acids is 1. The van der Waals surface area contributed by atoms with Crippen molar-refractivity contribution in [1.29, 1.82) is 0 Å². The van der Waals surface area contributed by atoms with Crippen molar-refractivity contribution < 1.29 is 19.4 Å². The lowest BCUT2D eigenvalue weighted by molar-refractivity contribution is -0.138. The van der Waals surface area contributed by atoms with E-state index in [-0.39, 0.29) is 12.5 Å². The van der Waals surface area contributed by atoms with Gasteiger partial charge < -0.3 is 20.9 Å². The predicted molar refractivity (Wildman–Crippen MR) is 78.6 cm³/mol. The van der Waals surface area contributed by atoms with E-state index in [0.29, 0.717) is 32.4 Å². The SMILES string of the molecule is N[C@@H](CCCCNC(=O)COCc1ccccc1)C(=O)O. The highest BCUT2D eigenvalue weighted by Crippen LogP contribution is 2.00. The number of hydrogen-bond acceptors (Lipinski definition) is 4. The number of carbonyl (C=O) groups excluding carboxylic acids is 1. The van der Waals surface area contributed by atoms with Crippen LogP contribution in [0.5, 0.6) is 0 Å². The van der Waals surface area contributed by atoms with Crippen LogP contribution in [0.3, 0.4) is 0 Å². The number of unbranched alkanes of at least 4 members (excludes halogenated alkanes) is 1. The van der Waals surface area contributed by atoms with Gasteiger partial charge in [-0.25, -0.2) is 0 Å². The Labute approximate surface area is 124 Å². The van der Waals surface area contributed by atoms with Gasteiger partial charge >= 0.3 is 5.97 Å². The van der Waals surface area contributed by atoms with Crippen molar-refractivity contribution in [3.8, 4) is 0 Å².